The smallest absolute Gasteiger partial charge is 0.274 e. The summed E-state index contributed by atoms with van der Waals surface area (Å²) in [5.74, 6) is -0.541. The molecule has 0 aliphatic carbocycles. The average molecular weight is 364 g/mol. The van der Waals surface area contributed by atoms with Crippen LogP contribution >= 0.6 is 0 Å². The van der Waals surface area contributed by atoms with Crippen molar-refractivity contribution in [2.24, 2.45) is 0 Å². The van der Waals surface area contributed by atoms with Gasteiger partial charge in [-0.3, -0.25) is 10.0 Å². The van der Waals surface area contributed by atoms with Crippen LogP contribution < -0.4 is 10.4 Å². The molecule has 3 aromatic carbocycles. The quantitative estimate of drug-likeness (QED) is 0.550. The Balaban J connectivity index is 1.74. The van der Waals surface area contributed by atoms with Crippen LogP contribution in [0.2, 0.25) is 0 Å². The summed E-state index contributed by atoms with van der Waals surface area (Å²) in [6.07, 6.45) is 0. The molecule has 3 aromatic rings. The third-order valence-electron chi connectivity index (χ3n) is 4.37. The molecule has 0 unspecified atom stereocenters. The molecule has 2 N–H and O–H groups in total. The van der Waals surface area contributed by atoms with E-state index in [0.29, 0.717) is 12.1 Å². The molecule has 6 heteroatoms. The van der Waals surface area contributed by atoms with E-state index in [-0.39, 0.29) is 0 Å². The zero-order valence-corrected chi connectivity index (χ0v) is 14.6. The van der Waals surface area contributed by atoms with Gasteiger partial charge in [-0.2, -0.15) is 0 Å². The Morgan fingerprint density at radius 2 is 1.42 bits per heavy atom. The molecule has 0 saturated heterocycles. The molecule has 0 radical (unpaired) electrons. The van der Waals surface area contributed by atoms with Gasteiger partial charge in [-0.1, -0.05) is 36.4 Å². The first-order chi connectivity index (χ1) is 12.7. The lowest BCUT2D eigenvalue weighted by Crippen LogP contribution is -2.23. The molecule has 4 rings (SSSR count). The molecule has 5 nitrogen and oxygen atoms in total. The van der Waals surface area contributed by atoms with Crippen LogP contribution in [0.3, 0.4) is 0 Å². The number of nitrogens with one attached hydrogen (secondary N) is 1. The minimum atomic E-state index is -1.20. The number of carbonyl (C=O) groups excluding carboxylic acids is 1. The summed E-state index contributed by atoms with van der Waals surface area (Å²) in [4.78, 5) is 15.2. The molecular formula is C20H16N2O3S. The Morgan fingerprint density at radius 3 is 1.96 bits per heavy atom. The molecule has 0 atom stereocenters. The Hall–Kier alpha value is -2.96. The van der Waals surface area contributed by atoms with Crippen molar-refractivity contribution in [3.05, 3.63) is 83.9 Å². The average Bonchev–Trinajstić information content (AvgIpc) is 2.71. The highest BCUT2D eigenvalue weighted by molar-refractivity contribution is 7.85. The molecule has 1 aliphatic heterocycles. The summed E-state index contributed by atoms with van der Waals surface area (Å²) in [5, 5.41) is 8.73. The van der Waals surface area contributed by atoms with Crippen molar-refractivity contribution in [1.29, 1.82) is 0 Å². The third kappa shape index (κ3) is 2.79. The molecule has 0 bridgehead atoms. The zero-order valence-electron chi connectivity index (χ0n) is 13.8. The number of anilines is 2. The van der Waals surface area contributed by atoms with Gasteiger partial charge in [0.1, 0.15) is 0 Å². The third-order valence-corrected chi connectivity index (χ3v) is 5.86. The van der Waals surface area contributed by atoms with Gasteiger partial charge in [0.25, 0.3) is 5.91 Å². The normalized spacial score (nSPS) is 13.0. The monoisotopic (exact) mass is 364 g/mol. The maximum absolute atomic E-state index is 12.9. The molecule has 0 spiro atoms. The number of benzene rings is 3. The van der Waals surface area contributed by atoms with Crippen LogP contribution in [0.4, 0.5) is 11.4 Å². The van der Waals surface area contributed by atoms with E-state index in [0.717, 1.165) is 26.7 Å². The van der Waals surface area contributed by atoms with E-state index in [9.17, 15) is 9.00 Å². The SMILES string of the molecule is O=C(NO)c1ccc(CN2c3ccccc3S(=O)c3ccccc32)cc1. The topological polar surface area (TPSA) is 69.6 Å². The van der Waals surface area contributed by atoms with Crippen LogP contribution in [0, 0.1) is 0 Å². The number of carbonyl (C=O) groups is 1. The lowest BCUT2D eigenvalue weighted by atomic mass is 10.1. The van der Waals surface area contributed by atoms with Gasteiger partial charge in [0.2, 0.25) is 0 Å². The van der Waals surface area contributed by atoms with Gasteiger partial charge in [0.05, 0.1) is 32.0 Å². The summed E-state index contributed by atoms with van der Waals surface area (Å²) < 4.78 is 12.9. The number of hydrogen-bond donors (Lipinski definition) is 2. The van der Waals surface area contributed by atoms with Gasteiger partial charge in [-0.15, -0.1) is 0 Å². The summed E-state index contributed by atoms with van der Waals surface area (Å²) >= 11 is 0. The Kier molecular flexibility index (Phi) is 4.28. The number of amides is 1. The largest absolute Gasteiger partial charge is 0.335 e. The second-order valence-corrected chi connectivity index (χ2v) is 7.35. The van der Waals surface area contributed by atoms with Gasteiger partial charge >= 0.3 is 0 Å². The van der Waals surface area contributed by atoms with Gasteiger partial charge in [0.15, 0.2) is 0 Å². The van der Waals surface area contributed by atoms with Crippen molar-refractivity contribution in [2.75, 3.05) is 4.90 Å². The molecule has 1 heterocycles. The minimum Gasteiger partial charge on any atom is -0.335 e. The zero-order chi connectivity index (χ0) is 18.1. The molecule has 1 aliphatic rings. The van der Waals surface area contributed by atoms with Crippen LogP contribution in [0.1, 0.15) is 15.9 Å². The van der Waals surface area contributed by atoms with E-state index in [4.69, 9.17) is 5.21 Å². The summed E-state index contributed by atoms with van der Waals surface area (Å²) in [6, 6.07) is 22.4. The first kappa shape index (κ1) is 16.5. The number of fused-ring (bicyclic) bond motifs is 2. The van der Waals surface area contributed by atoms with E-state index in [1.807, 2.05) is 60.7 Å². The highest BCUT2D eigenvalue weighted by Crippen LogP contribution is 2.42. The van der Waals surface area contributed by atoms with Gasteiger partial charge < -0.3 is 4.90 Å². The van der Waals surface area contributed by atoms with Crippen molar-refractivity contribution < 1.29 is 14.2 Å². The molecule has 26 heavy (non-hydrogen) atoms. The Bertz CT molecular complexity index is 952. The van der Waals surface area contributed by atoms with Crippen molar-refractivity contribution >= 4 is 28.1 Å². The lowest BCUT2D eigenvalue weighted by molar-refractivity contribution is 0.0706. The number of hydrogen-bond acceptors (Lipinski definition) is 4. The van der Waals surface area contributed by atoms with Crippen LogP contribution in [0.25, 0.3) is 0 Å². The fourth-order valence-electron chi connectivity index (χ4n) is 3.10. The van der Waals surface area contributed by atoms with Crippen LogP contribution in [0.15, 0.2) is 82.6 Å². The summed E-state index contributed by atoms with van der Waals surface area (Å²) in [5.41, 5.74) is 4.85. The molecule has 0 fully saturated rings. The molecule has 130 valence electrons. The number of nitrogens with zero attached hydrogens (tertiary/aromatic N) is 1. The fourth-order valence-corrected chi connectivity index (χ4v) is 4.48. The minimum absolute atomic E-state index is 0.386. The molecule has 0 aromatic heterocycles. The van der Waals surface area contributed by atoms with Crippen LogP contribution in [-0.4, -0.2) is 15.3 Å². The van der Waals surface area contributed by atoms with Crippen LogP contribution in [-0.2, 0) is 17.3 Å². The predicted octanol–water partition coefficient (Wildman–Crippen LogP) is 3.62. The highest BCUT2D eigenvalue weighted by atomic mass is 32.2. The van der Waals surface area contributed by atoms with Crippen molar-refractivity contribution in [1.82, 2.24) is 5.48 Å². The second-order valence-electron chi connectivity index (χ2n) is 5.93. The van der Waals surface area contributed by atoms with E-state index >= 15 is 0 Å². The maximum atomic E-state index is 12.9. The van der Waals surface area contributed by atoms with Gasteiger partial charge in [-0.05, 0) is 42.0 Å². The van der Waals surface area contributed by atoms with Gasteiger partial charge in [0, 0.05) is 12.1 Å². The predicted molar refractivity (Wildman–Crippen MR) is 99.1 cm³/mol. The molecule has 1 amide bonds. The summed E-state index contributed by atoms with van der Waals surface area (Å²) in [6.45, 7) is 0.576. The first-order valence-electron chi connectivity index (χ1n) is 8.10. The second kappa shape index (κ2) is 6.74. The van der Waals surface area contributed by atoms with Crippen molar-refractivity contribution in [3.8, 4) is 0 Å². The molecule has 0 saturated carbocycles. The number of para-hydroxylation sites is 2. The van der Waals surface area contributed by atoms with Crippen molar-refractivity contribution in [3.63, 3.8) is 0 Å². The molecular weight excluding hydrogens is 348 g/mol. The maximum Gasteiger partial charge on any atom is 0.274 e. The first-order valence-corrected chi connectivity index (χ1v) is 9.25. The van der Waals surface area contributed by atoms with E-state index in [1.165, 1.54) is 0 Å². The van der Waals surface area contributed by atoms with E-state index in [1.54, 1.807) is 17.6 Å². The van der Waals surface area contributed by atoms with Crippen molar-refractivity contribution in [2.45, 2.75) is 16.3 Å². The number of hydroxylamine groups is 1. The van der Waals surface area contributed by atoms with E-state index < -0.39 is 16.7 Å². The summed E-state index contributed by atoms with van der Waals surface area (Å²) in [7, 11) is -1.20. The highest BCUT2D eigenvalue weighted by Gasteiger charge is 2.27. The lowest BCUT2D eigenvalue weighted by Gasteiger charge is -2.32. The van der Waals surface area contributed by atoms with E-state index in [2.05, 4.69) is 4.90 Å². The van der Waals surface area contributed by atoms with Crippen LogP contribution in [0.5, 0.6) is 0 Å². The van der Waals surface area contributed by atoms with Gasteiger partial charge in [-0.25, -0.2) is 9.69 Å². The Morgan fingerprint density at radius 1 is 0.885 bits per heavy atom. The standard InChI is InChI=1S/C20H16N2O3S/c23-20(21-24)15-11-9-14(10-12-15)13-22-16-5-1-3-7-18(16)26(25)19-8-4-2-6-17(19)22/h1-12,24H,13H2,(H,21,23). The Labute approximate surface area is 153 Å². The number of rotatable bonds is 3. The fraction of sp³-hybridized carbons (Fsp3) is 0.0500.